The predicted molar refractivity (Wildman–Crippen MR) is 112 cm³/mol. The first-order valence-electron chi connectivity index (χ1n) is 9.59. The number of alkyl halides is 3. The van der Waals surface area contributed by atoms with Gasteiger partial charge in [0.25, 0.3) is 0 Å². The minimum atomic E-state index is -4.60. The molecule has 0 spiro atoms. The Morgan fingerprint density at radius 1 is 1.28 bits per heavy atom. The number of fused-ring (bicyclic) bond motifs is 1. The van der Waals surface area contributed by atoms with Crippen molar-refractivity contribution in [1.29, 1.82) is 0 Å². The van der Waals surface area contributed by atoms with Gasteiger partial charge in [-0.1, -0.05) is 6.58 Å². The number of pyridine rings is 1. The van der Waals surface area contributed by atoms with E-state index in [1.165, 1.54) is 19.2 Å². The Labute approximate surface area is 181 Å². The number of aromatic nitrogens is 2. The third kappa shape index (κ3) is 4.67. The molecule has 0 aliphatic heterocycles. The first-order chi connectivity index (χ1) is 15.2. The maximum atomic E-state index is 13.2. The number of oxazole rings is 1. The van der Waals surface area contributed by atoms with Crippen molar-refractivity contribution in [2.45, 2.75) is 19.1 Å². The van der Waals surface area contributed by atoms with Crippen LogP contribution in [0.3, 0.4) is 0 Å². The molecule has 170 valence electrons. The Bertz CT molecular complexity index is 1140. The van der Waals surface area contributed by atoms with Crippen LogP contribution in [0, 0.1) is 0 Å². The molecule has 11 heteroatoms. The fourth-order valence-electron chi connectivity index (χ4n) is 3.10. The van der Waals surface area contributed by atoms with Gasteiger partial charge in [-0.15, -0.1) is 0 Å². The first-order valence-corrected chi connectivity index (χ1v) is 9.59. The fourth-order valence-corrected chi connectivity index (χ4v) is 3.10. The second-order valence-electron chi connectivity index (χ2n) is 6.90. The van der Waals surface area contributed by atoms with E-state index in [0.717, 1.165) is 6.07 Å². The quantitative estimate of drug-likeness (QED) is 0.339. The molecule has 3 rings (SSSR count). The van der Waals surface area contributed by atoms with Crippen LogP contribution in [0.5, 0.6) is 5.75 Å². The van der Waals surface area contributed by atoms with Gasteiger partial charge in [-0.25, -0.2) is 9.97 Å². The summed E-state index contributed by atoms with van der Waals surface area (Å²) in [5.41, 5.74) is 6.25. The van der Waals surface area contributed by atoms with Crippen LogP contribution in [0.2, 0.25) is 0 Å². The Morgan fingerprint density at radius 3 is 2.66 bits per heavy atom. The van der Waals surface area contributed by atoms with Gasteiger partial charge in [-0.3, -0.25) is 4.79 Å². The minimum absolute atomic E-state index is 0.0267. The number of carbonyl (C=O) groups excluding carboxylic acids is 1. The smallest absolute Gasteiger partial charge is 0.433 e. The summed E-state index contributed by atoms with van der Waals surface area (Å²) in [6, 6.07) is 4.79. The Morgan fingerprint density at radius 2 is 2.03 bits per heavy atom. The highest BCUT2D eigenvalue weighted by molar-refractivity contribution is 5.96. The number of amides is 1. The van der Waals surface area contributed by atoms with Crippen molar-refractivity contribution in [1.82, 2.24) is 20.6 Å². The van der Waals surface area contributed by atoms with Crippen LogP contribution in [0.4, 0.5) is 13.2 Å². The summed E-state index contributed by atoms with van der Waals surface area (Å²) in [5.74, 6) is 0.683. The lowest BCUT2D eigenvalue weighted by Gasteiger charge is -2.11. The number of carbonyl (C=O) groups is 1. The van der Waals surface area contributed by atoms with Crippen LogP contribution in [-0.4, -0.2) is 36.6 Å². The van der Waals surface area contributed by atoms with E-state index >= 15 is 0 Å². The van der Waals surface area contributed by atoms with Gasteiger partial charge >= 0.3 is 6.18 Å². The SMILES string of the molecule is C=C(NCCNC=O)c1nc(-c2ccc(OC)c3nc(C(F)(F)F)ccc23)oc1[C@H](C)N. The Kier molecular flexibility index (Phi) is 6.68. The summed E-state index contributed by atoms with van der Waals surface area (Å²) in [4.78, 5) is 18.6. The molecule has 3 aromatic rings. The molecule has 1 amide bonds. The molecule has 2 aromatic heterocycles. The van der Waals surface area contributed by atoms with Gasteiger partial charge in [0.2, 0.25) is 12.3 Å². The van der Waals surface area contributed by atoms with E-state index < -0.39 is 17.9 Å². The predicted octanol–water partition coefficient (Wildman–Crippen LogP) is 3.24. The molecule has 0 aliphatic rings. The number of rotatable bonds is 9. The number of hydrogen-bond acceptors (Lipinski definition) is 7. The van der Waals surface area contributed by atoms with E-state index in [1.54, 1.807) is 13.0 Å². The van der Waals surface area contributed by atoms with E-state index in [1.807, 2.05) is 0 Å². The van der Waals surface area contributed by atoms with Crippen LogP contribution in [0.15, 0.2) is 35.3 Å². The molecule has 1 atom stereocenters. The third-order valence-electron chi connectivity index (χ3n) is 4.60. The zero-order valence-electron chi connectivity index (χ0n) is 17.4. The number of hydrogen-bond donors (Lipinski definition) is 3. The molecule has 0 bridgehead atoms. The number of nitrogens with two attached hydrogens (primary N) is 1. The maximum Gasteiger partial charge on any atom is 0.433 e. The van der Waals surface area contributed by atoms with Crippen molar-refractivity contribution in [2.75, 3.05) is 20.2 Å². The fraction of sp³-hybridized carbons (Fsp3) is 0.286. The van der Waals surface area contributed by atoms with Crippen LogP contribution in [-0.2, 0) is 11.0 Å². The summed E-state index contributed by atoms with van der Waals surface area (Å²) in [6.07, 6.45) is -4.02. The largest absolute Gasteiger partial charge is 0.494 e. The third-order valence-corrected chi connectivity index (χ3v) is 4.60. The molecule has 0 aliphatic carbocycles. The highest BCUT2D eigenvalue weighted by atomic mass is 19.4. The zero-order chi connectivity index (χ0) is 23.5. The first kappa shape index (κ1) is 23.1. The lowest BCUT2D eigenvalue weighted by atomic mass is 10.1. The van der Waals surface area contributed by atoms with Gasteiger partial charge in [-0.2, -0.15) is 13.2 Å². The topological polar surface area (TPSA) is 115 Å². The molecule has 0 fully saturated rings. The monoisotopic (exact) mass is 449 g/mol. The molecular weight excluding hydrogens is 427 g/mol. The van der Waals surface area contributed by atoms with Crippen molar-refractivity contribution >= 4 is 23.0 Å². The average Bonchev–Trinajstić information content (AvgIpc) is 3.20. The highest BCUT2D eigenvalue weighted by Gasteiger charge is 2.33. The Balaban J connectivity index is 2.08. The molecule has 8 nitrogen and oxygen atoms in total. The van der Waals surface area contributed by atoms with Crippen molar-refractivity contribution in [3.8, 4) is 17.2 Å². The molecule has 0 unspecified atom stereocenters. The van der Waals surface area contributed by atoms with Crippen LogP contribution in [0.25, 0.3) is 28.1 Å². The lowest BCUT2D eigenvalue weighted by molar-refractivity contribution is -0.141. The molecule has 4 N–H and O–H groups in total. The van der Waals surface area contributed by atoms with Gasteiger partial charge in [0.05, 0.1) is 18.8 Å². The molecule has 0 saturated carbocycles. The van der Waals surface area contributed by atoms with Crippen molar-refractivity contribution < 1.29 is 27.1 Å². The van der Waals surface area contributed by atoms with Crippen LogP contribution in [0.1, 0.15) is 30.1 Å². The number of methoxy groups -OCH3 is 1. The van der Waals surface area contributed by atoms with Gasteiger partial charge in [-0.05, 0) is 31.2 Å². The molecule has 0 radical (unpaired) electrons. The number of nitrogens with one attached hydrogen (secondary N) is 2. The van der Waals surface area contributed by atoms with E-state index in [9.17, 15) is 18.0 Å². The summed E-state index contributed by atoms with van der Waals surface area (Å²) in [7, 11) is 1.35. The van der Waals surface area contributed by atoms with E-state index in [-0.39, 0.29) is 17.2 Å². The molecule has 32 heavy (non-hydrogen) atoms. The molecular formula is C21H22F3N5O3. The highest BCUT2D eigenvalue weighted by Crippen LogP contribution is 2.37. The molecule has 2 heterocycles. The normalized spacial score (nSPS) is 12.4. The van der Waals surface area contributed by atoms with E-state index in [2.05, 4.69) is 27.2 Å². The van der Waals surface area contributed by atoms with E-state index in [0.29, 0.717) is 47.6 Å². The molecule has 1 aromatic carbocycles. The van der Waals surface area contributed by atoms with Gasteiger partial charge in [0, 0.05) is 24.0 Å². The summed E-state index contributed by atoms with van der Waals surface area (Å²) in [6.45, 7) is 6.41. The van der Waals surface area contributed by atoms with Crippen molar-refractivity contribution in [3.05, 3.63) is 48.0 Å². The zero-order valence-corrected chi connectivity index (χ0v) is 17.4. The van der Waals surface area contributed by atoms with E-state index in [4.69, 9.17) is 14.9 Å². The summed E-state index contributed by atoms with van der Waals surface area (Å²) in [5, 5.41) is 5.91. The van der Waals surface area contributed by atoms with Gasteiger partial charge in [0.1, 0.15) is 22.7 Å². The lowest BCUT2D eigenvalue weighted by Crippen LogP contribution is -2.25. The number of ether oxygens (including phenoxy) is 1. The number of benzene rings is 1. The van der Waals surface area contributed by atoms with Crippen molar-refractivity contribution in [3.63, 3.8) is 0 Å². The summed E-state index contributed by atoms with van der Waals surface area (Å²) >= 11 is 0. The van der Waals surface area contributed by atoms with Crippen LogP contribution < -0.4 is 21.1 Å². The standard InChI is InChI=1S/C21H22F3N5O3/c1-11(25)19-17(12(2)27-9-8-26-10-30)29-20(32-19)14-4-6-15(31-3)18-13(14)5-7-16(28-18)21(22,23)24/h4-7,10-11,27H,2,8-9,25H2,1,3H3,(H,26,30)/t11-/m0/s1. The average molecular weight is 449 g/mol. The minimum Gasteiger partial charge on any atom is -0.494 e. The van der Waals surface area contributed by atoms with Crippen molar-refractivity contribution in [2.24, 2.45) is 5.73 Å². The van der Waals surface area contributed by atoms with Gasteiger partial charge in [0.15, 0.2) is 5.76 Å². The number of halogens is 3. The maximum absolute atomic E-state index is 13.2. The number of nitrogens with zero attached hydrogens (tertiary/aromatic N) is 2. The van der Waals surface area contributed by atoms with Gasteiger partial charge < -0.3 is 25.5 Å². The second-order valence-corrected chi connectivity index (χ2v) is 6.90. The second kappa shape index (κ2) is 9.27. The van der Waals surface area contributed by atoms with Crippen LogP contribution >= 0.6 is 0 Å². The summed E-state index contributed by atoms with van der Waals surface area (Å²) < 4.78 is 50.6. The molecule has 0 saturated heterocycles. The Hall–Kier alpha value is -3.60.